The molecule has 1 atom stereocenters. The van der Waals surface area contributed by atoms with Crippen molar-refractivity contribution in [2.45, 2.75) is 47.1 Å². The lowest BCUT2D eigenvalue weighted by molar-refractivity contribution is 0.547. The minimum atomic E-state index is 0.343. The first-order valence-electron chi connectivity index (χ1n) is 7.74. The summed E-state index contributed by atoms with van der Waals surface area (Å²) in [5, 5.41) is 3.62. The molecule has 0 aliphatic heterocycles. The van der Waals surface area contributed by atoms with E-state index in [1.54, 1.807) is 0 Å². The van der Waals surface area contributed by atoms with Crippen LogP contribution in [0.15, 0.2) is 30.3 Å². The van der Waals surface area contributed by atoms with E-state index < -0.39 is 0 Å². The van der Waals surface area contributed by atoms with Crippen LogP contribution in [0.3, 0.4) is 0 Å². The van der Waals surface area contributed by atoms with E-state index in [0.717, 1.165) is 24.4 Å². The van der Waals surface area contributed by atoms with Gasteiger partial charge >= 0.3 is 0 Å². The topological polar surface area (TPSA) is 24.9 Å². The summed E-state index contributed by atoms with van der Waals surface area (Å²) in [6.07, 6.45) is 1.02. The third kappa shape index (κ3) is 4.15. The molecule has 2 heteroatoms. The van der Waals surface area contributed by atoms with Gasteiger partial charge in [-0.15, -0.1) is 0 Å². The Morgan fingerprint density at radius 3 is 2.29 bits per heavy atom. The van der Waals surface area contributed by atoms with E-state index in [1.165, 1.54) is 22.3 Å². The van der Waals surface area contributed by atoms with Crippen molar-refractivity contribution < 1.29 is 0 Å². The summed E-state index contributed by atoms with van der Waals surface area (Å²) in [7, 11) is 0. The molecule has 0 saturated carbocycles. The maximum Gasteiger partial charge on any atom is 0.0379 e. The Kier molecular flexibility index (Phi) is 5.13. The molecule has 0 saturated heterocycles. The van der Waals surface area contributed by atoms with Crippen molar-refractivity contribution in [1.82, 2.24) is 10.3 Å². The van der Waals surface area contributed by atoms with Gasteiger partial charge in [-0.1, -0.05) is 30.7 Å². The van der Waals surface area contributed by atoms with Crippen LogP contribution in [0, 0.1) is 27.7 Å². The predicted molar refractivity (Wildman–Crippen MR) is 89.7 cm³/mol. The normalized spacial score (nSPS) is 12.4. The second-order valence-electron chi connectivity index (χ2n) is 5.93. The lowest BCUT2D eigenvalue weighted by Crippen LogP contribution is -2.23. The minimum Gasteiger partial charge on any atom is -0.310 e. The maximum absolute atomic E-state index is 4.49. The molecule has 1 N–H and O–H groups in total. The van der Waals surface area contributed by atoms with Crippen molar-refractivity contribution in [3.63, 3.8) is 0 Å². The molecule has 1 heterocycles. The number of likely N-dealkylation sites (N-methyl/N-ethyl adjacent to an activating group) is 1. The first kappa shape index (κ1) is 15.7. The smallest absolute Gasteiger partial charge is 0.0379 e. The van der Waals surface area contributed by atoms with E-state index in [2.05, 4.69) is 75.3 Å². The van der Waals surface area contributed by atoms with Crippen molar-refractivity contribution in [3.8, 4) is 0 Å². The molecule has 0 radical (unpaired) electrons. The first-order chi connectivity index (χ1) is 9.99. The molecule has 1 aromatic carbocycles. The molecule has 0 spiro atoms. The summed E-state index contributed by atoms with van der Waals surface area (Å²) in [6, 6.07) is 11.5. The molecule has 0 aliphatic rings. The quantitative estimate of drug-likeness (QED) is 0.888. The fourth-order valence-corrected chi connectivity index (χ4v) is 2.86. The van der Waals surface area contributed by atoms with Gasteiger partial charge in [-0.25, -0.2) is 0 Å². The van der Waals surface area contributed by atoms with Crippen LogP contribution in [0.4, 0.5) is 0 Å². The van der Waals surface area contributed by atoms with Gasteiger partial charge in [-0.05, 0) is 69.5 Å². The summed E-state index contributed by atoms with van der Waals surface area (Å²) in [4.78, 5) is 4.49. The zero-order valence-electron chi connectivity index (χ0n) is 13.8. The number of benzene rings is 1. The molecule has 112 valence electrons. The second kappa shape index (κ2) is 6.86. The number of hydrogen-bond acceptors (Lipinski definition) is 2. The van der Waals surface area contributed by atoms with Crippen LogP contribution < -0.4 is 5.32 Å². The maximum atomic E-state index is 4.49. The molecule has 2 nitrogen and oxygen atoms in total. The van der Waals surface area contributed by atoms with E-state index in [0.29, 0.717) is 6.04 Å². The lowest BCUT2D eigenvalue weighted by Gasteiger charge is -2.21. The molecular weight excluding hydrogens is 256 g/mol. The van der Waals surface area contributed by atoms with Gasteiger partial charge in [0.25, 0.3) is 0 Å². The predicted octanol–water partition coefficient (Wildman–Crippen LogP) is 4.21. The molecule has 0 bridgehead atoms. The highest BCUT2D eigenvalue weighted by molar-refractivity contribution is 5.33. The summed E-state index contributed by atoms with van der Waals surface area (Å²) in [6.45, 7) is 11.6. The van der Waals surface area contributed by atoms with E-state index in [-0.39, 0.29) is 0 Å². The van der Waals surface area contributed by atoms with Crippen LogP contribution in [0.1, 0.15) is 46.6 Å². The van der Waals surface area contributed by atoms with Crippen molar-refractivity contribution >= 4 is 0 Å². The summed E-state index contributed by atoms with van der Waals surface area (Å²) < 4.78 is 0. The van der Waals surface area contributed by atoms with E-state index in [9.17, 15) is 0 Å². The molecule has 1 unspecified atom stereocenters. The highest BCUT2D eigenvalue weighted by Gasteiger charge is 2.14. The van der Waals surface area contributed by atoms with Gasteiger partial charge in [0.15, 0.2) is 0 Å². The Bertz CT molecular complexity index is 597. The van der Waals surface area contributed by atoms with Crippen molar-refractivity contribution in [2.75, 3.05) is 6.54 Å². The van der Waals surface area contributed by atoms with Crippen LogP contribution in [0.2, 0.25) is 0 Å². The van der Waals surface area contributed by atoms with Gasteiger partial charge in [0.05, 0.1) is 0 Å². The fourth-order valence-electron chi connectivity index (χ4n) is 2.86. The highest BCUT2D eigenvalue weighted by Crippen LogP contribution is 2.22. The molecule has 2 rings (SSSR count). The van der Waals surface area contributed by atoms with E-state index >= 15 is 0 Å². The Hall–Kier alpha value is -1.67. The Balaban J connectivity index is 2.32. The molecule has 0 aliphatic carbocycles. The van der Waals surface area contributed by atoms with Crippen LogP contribution >= 0.6 is 0 Å². The van der Waals surface area contributed by atoms with Gasteiger partial charge in [0.2, 0.25) is 0 Å². The second-order valence-corrected chi connectivity index (χ2v) is 5.93. The summed E-state index contributed by atoms with van der Waals surface area (Å²) in [5.74, 6) is 0. The fraction of sp³-hybridized carbons (Fsp3) is 0.421. The highest BCUT2D eigenvalue weighted by atomic mass is 14.9. The van der Waals surface area contributed by atoms with Gasteiger partial charge in [-0.3, -0.25) is 4.98 Å². The van der Waals surface area contributed by atoms with Crippen molar-refractivity contribution in [3.05, 3.63) is 64.0 Å². The number of aryl methyl sites for hydroxylation is 4. The zero-order valence-corrected chi connectivity index (χ0v) is 13.8. The number of aromatic nitrogens is 1. The average molecular weight is 282 g/mol. The standard InChI is InChI=1S/C19H26N2/c1-6-20-19(18-10-15(4)21-16(5)11-18)12-17-9-13(2)7-8-14(17)3/h7-11,19-20H,6,12H2,1-5H3. The average Bonchev–Trinajstić information content (AvgIpc) is 2.41. The van der Waals surface area contributed by atoms with Crippen molar-refractivity contribution in [2.24, 2.45) is 0 Å². The molecule has 0 fully saturated rings. The number of hydrogen-bond donors (Lipinski definition) is 1. The third-order valence-corrected chi connectivity index (χ3v) is 3.89. The number of pyridine rings is 1. The lowest BCUT2D eigenvalue weighted by atomic mass is 9.94. The largest absolute Gasteiger partial charge is 0.310 e. The SMILES string of the molecule is CCNC(Cc1cc(C)ccc1C)c1cc(C)nc(C)c1. The molecule has 2 aromatic rings. The monoisotopic (exact) mass is 282 g/mol. The summed E-state index contributed by atoms with van der Waals surface area (Å²) >= 11 is 0. The Morgan fingerprint density at radius 2 is 1.67 bits per heavy atom. The number of nitrogens with one attached hydrogen (secondary N) is 1. The Labute approximate surface area is 128 Å². The zero-order chi connectivity index (χ0) is 15.4. The summed E-state index contributed by atoms with van der Waals surface area (Å²) in [5.41, 5.74) is 7.64. The Morgan fingerprint density at radius 1 is 1.00 bits per heavy atom. The number of nitrogens with zero attached hydrogens (tertiary/aromatic N) is 1. The first-order valence-corrected chi connectivity index (χ1v) is 7.74. The molecule has 0 amide bonds. The van der Waals surface area contributed by atoms with Gasteiger partial charge in [0, 0.05) is 17.4 Å². The van der Waals surface area contributed by atoms with Gasteiger partial charge in [0.1, 0.15) is 0 Å². The van der Waals surface area contributed by atoms with Crippen LogP contribution in [-0.2, 0) is 6.42 Å². The van der Waals surface area contributed by atoms with E-state index in [4.69, 9.17) is 0 Å². The molecule has 21 heavy (non-hydrogen) atoms. The molecular formula is C19H26N2. The van der Waals surface area contributed by atoms with Crippen LogP contribution in [0.5, 0.6) is 0 Å². The van der Waals surface area contributed by atoms with Crippen molar-refractivity contribution in [1.29, 1.82) is 0 Å². The molecule has 1 aromatic heterocycles. The van der Waals surface area contributed by atoms with Gasteiger partial charge in [-0.2, -0.15) is 0 Å². The van der Waals surface area contributed by atoms with Crippen LogP contribution in [0.25, 0.3) is 0 Å². The minimum absolute atomic E-state index is 0.343. The number of rotatable bonds is 5. The van der Waals surface area contributed by atoms with Crippen LogP contribution in [-0.4, -0.2) is 11.5 Å². The third-order valence-electron chi connectivity index (χ3n) is 3.89. The van der Waals surface area contributed by atoms with Gasteiger partial charge < -0.3 is 5.32 Å². The van der Waals surface area contributed by atoms with E-state index in [1.807, 2.05) is 0 Å².